The quantitative estimate of drug-likeness (QED) is 0.354. The predicted molar refractivity (Wildman–Crippen MR) is 155 cm³/mol. The van der Waals surface area contributed by atoms with E-state index >= 15 is 0 Å². The van der Waals surface area contributed by atoms with E-state index in [1.165, 1.54) is 37.3 Å². The van der Waals surface area contributed by atoms with E-state index < -0.39 is 28.5 Å². The summed E-state index contributed by atoms with van der Waals surface area (Å²) in [7, 11) is -1.37. The molecule has 0 aliphatic heterocycles. The molecule has 0 unspecified atom stereocenters. The molecule has 3 aromatic rings. The Bertz CT molecular complexity index is 1420. The summed E-state index contributed by atoms with van der Waals surface area (Å²) in [5.41, 5.74) is 2.83. The predicted octanol–water partition coefficient (Wildman–Crippen LogP) is 4.07. The zero-order valence-electron chi connectivity index (χ0n) is 23.8. The summed E-state index contributed by atoms with van der Waals surface area (Å²) in [6, 6.07) is 18.1. The van der Waals surface area contributed by atoms with Gasteiger partial charge in [-0.05, 0) is 68.7 Å². The van der Waals surface area contributed by atoms with Gasteiger partial charge in [-0.2, -0.15) is 0 Å². The van der Waals surface area contributed by atoms with E-state index in [0.29, 0.717) is 18.0 Å². The van der Waals surface area contributed by atoms with Crippen LogP contribution in [0.2, 0.25) is 0 Å². The van der Waals surface area contributed by atoms with Crippen molar-refractivity contribution in [2.45, 2.75) is 45.2 Å². The number of rotatable bonds is 12. The molecule has 0 fully saturated rings. The lowest BCUT2D eigenvalue weighted by molar-refractivity contribution is -0.139. The van der Waals surface area contributed by atoms with Crippen molar-refractivity contribution in [1.82, 2.24) is 10.2 Å². The van der Waals surface area contributed by atoms with Crippen molar-refractivity contribution >= 4 is 27.5 Å². The van der Waals surface area contributed by atoms with Crippen molar-refractivity contribution in [3.63, 3.8) is 0 Å². The van der Waals surface area contributed by atoms with E-state index in [0.717, 1.165) is 21.0 Å². The molecule has 0 saturated heterocycles. The van der Waals surface area contributed by atoms with Gasteiger partial charge < -0.3 is 19.7 Å². The average molecular weight is 568 g/mol. The van der Waals surface area contributed by atoms with Gasteiger partial charge in [-0.1, -0.05) is 36.4 Å². The molecule has 2 amide bonds. The summed E-state index contributed by atoms with van der Waals surface area (Å²) in [5, 5.41) is 2.76. The molecular weight excluding hydrogens is 530 g/mol. The van der Waals surface area contributed by atoms with Crippen LogP contribution in [0, 0.1) is 13.8 Å². The van der Waals surface area contributed by atoms with Crippen LogP contribution in [-0.4, -0.2) is 58.5 Å². The summed E-state index contributed by atoms with van der Waals surface area (Å²) < 4.78 is 39.9. The van der Waals surface area contributed by atoms with Gasteiger partial charge in [0, 0.05) is 19.2 Å². The minimum absolute atomic E-state index is 0.0662. The van der Waals surface area contributed by atoms with Crippen molar-refractivity contribution in [1.29, 1.82) is 0 Å². The molecule has 9 nitrogen and oxygen atoms in total. The SMILES string of the molecule is CCNC(=O)[C@H](C)N(Cc1ccccc1)C(=O)CN(c1cc(C)cc(C)c1)S(=O)(=O)c1ccc(OC)c(OC)c1. The van der Waals surface area contributed by atoms with Gasteiger partial charge in [0.1, 0.15) is 12.6 Å². The molecule has 0 saturated carbocycles. The van der Waals surface area contributed by atoms with Crippen molar-refractivity contribution in [3.8, 4) is 11.5 Å². The Balaban J connectivity index is 2.10. The third kappa shape index (κ3) is 7.12. The van der Waals surface area contributed by atoms with Crippen LogP contribution < -0.4 is 19.1 Å². The van der Waals surface area contributed by atoms with Crippen LogP contribution in [0.1, 0.15) is 30.5 Å². The monoisotopic (exact) mass is 567 g/mol. The van der Waals surface area contributed by atoms with Crippen molar-refractivity contribution < 1.29 is 27.5 Å². The highest BCUT2D eigenvalue weighted by Gasteiger charge is 2.33. The highest BCUT2D eigenvalue weighted by molar-refractivity contribution is 7.92. The van der Waals surface area contributed by atoms with Crippen LogP contribution in [0.3, 0.4) is 0 Å². The molecule has 0 radical (unpaired) electrons. The van der Waals surface area contributed by atoms with Gasteiger partial charge in [-0.25, -0.2) is 8.42 Å². The first-order valence-electron chi connectivity index (χ1n) is 13.0. The highest BCUT2D eigenvalue weighted by atomic mass is 32.2. The Kier molecular flexibility index (Phi) is 10.2. The second-order valence-electron chi connectivity index (χ2n) is 9.45. The lowest BCUT2D eigenvalue weighted by Gasteiger charge is -2.32. The first-order chi connectivity index (χ1) is 19.0. The van der Waals surface area contributed by atoms with Crippen molar-refractivity contribution in [2.24, 2.45) is 0 Å². The van der Waals surface area contributed by atoms with Crippen LogP contribution in [0.5, 0.6) is 11.5 Å². The Hall–Kier alpha value is -4.05. The lowest BCUT2D eigenvalue weighted by Crippen LogP contribution is -2.51. The fourth-order valence-corrected chi connectivity index (χ4v) is 5.83. The first kappa shape index (κ1) is 30.5. The number of carbonyl (C=O) groups excluding carboxylic acids is 2. The fraction of sp³-hybridized carbons (Fsp3) is 0.333. The molecule has 10 heteroatoms. The number of nitrogens with one attached hydrogen (secondary N) is 1. The van der Waals surface area contributed by atoms with Gasteiger partial charge in [0.2, 0.25) is 11.8 Å². The second kappa shape index (κ2) is 13.3. The molecule has 3 rings (SSSR count). The van der Waals surface area contributed by atoms with Gasteiger partial charge in [0.05, 0.1) is 24.8 Å². The number of ether oxygens (including phenoxy) is 2. The number of nitrogens with zero attached hydrogens (tertiary/aromatic N) is 2. The van der Waals surface area contributed by atoms with Gasteiger partial charge in [-0.3, -0.25) is 13.9 Å². The topological polar surface area (TPSA) is 105 Å². The maximum atomic E-state index is 14.1. The third-order valence-corrected chi connectivity index (χ3v) is 8.20. The van der Waals surface area contributed by atoms with E-state index in [1.54, 1.807) is 26.0 Å². The number of amides is 2. The number of carbonyl (C=O) groups is 2. The smallest absolute Gasteiger partial charge is 0.264 e. The summed E-state index contributed by atoms with van der Waals surface area (Å²) in [6.07, 6.45) is 0. The Morgan fingerprint density at radius 1 is 0.900 bits per heavy atom. The third-order valence-electron chi connectivity index (χ3n) is 6.43. The van der Waals surface area contributed by atoms with E-state index in [2.05, 4.69) is 5.32 Å². The lowest BCUT2D eigenvalue weighted by atomic mass is 10.1. The van der Waals surface area contributed by atoms with Gasteiger partial charge in [-0.15, -0.1) is 0 Å². The molecule has 3 aromatic carbocycles. The average Bonchev–Trinajstić information content (AvgIpc) is 2.93. The summed E-state index contributed by atoms with van der Waals surface area (Å²) in [4.78, 5) is 28.1. The van der Waals surface area contributed by atoms with Gasteiger partial charge in [0.25, 0.3) is 10.0 Å². The Labute approximate surface area is 236 Å². The van der Waals surface area contributed by atoms with Gasteiger partial charge >= 0.3 is 0 Å². The van der Waals surface area contributed by atoms with E-state index in [9.17, 15) is 18.0 Å². The molecule has 0 aromatic heterocycles. The van der Waals surface area contributed by atoms with Crippen LogP contribution >= 0.6 is 0 Å². The molecule has 214 valence electrons. The highest BCUT2D eigenvalue weighted by Crippen LogP contribution is 2.33. The number of anilines is 1. The van der Waals surface area contributed by atoms with Crippen LogP contribution in [0.4, 0.5) is 5.69 Å². The van der Waals surface area contributed by atoms with E-state index in [4.69, 9.17) is 9.47 Å². The van der Waals surface area contributed by atoms with Crippen LogP contribution in [-0.2, 0) is 26.2 Å². The summed E-state index contributed by atoms with van der Waals surface area (Å²) in [6.45, 7) is 7.17. The number of hydrogen-bond donors (Lipinski definition) is 1. The normalized spacial score (nSPS) is 11.8. The minimum Gasteiger partial charge on any atom is -0.493 e. The molecule has 0 bridgehead atoms. The number of sulfonamides is 1. The Morgan fingerprint density at radius 3 is 2.10 bits per heavy atom. The summed E-state index contributed by atoms with van der Waals surface area (Å²) in [5.74, 6) is -0.232. The van der Waals surface area contributed by atoms with Gasteiger partial charge in [0.15, 0.2) is 11.5 Å². The molecule has 1 N–H and O–H groups in total. The van der Waals surface area contributed by atoms with Crippen molar-refractivity contribution in [3.05, 3.63) is 83.4 Å². The van der Waals surface area contributed by atoms with Crippen molar-refractivity contribution in [2.75, 3.05) is 31.6 Å². The zero-order valence-corrected chi connectivity index (χ0v) is 24.6. The molecule has 1 atom stereocenters. The molecular formula is C30H37N3O6S. The number of benzene rings is 3. The molecule has 0 aliphatic carbocycles. The molecule has 0 aliphatic rings. The second-order valence-corrected chi connectivity index (χ2v) is 11.3. The maximum absolute atomic E-state index is 14.1. The number of aryl methyl sites for hydroxylation is 2. The number of likely N-dealkylation sites (N-methyl/N-ethyl adjacent to an activating group) is 1. The van der Waals surface area contributed by atoms with E-state index in [1.807, 2.05) is 50.2 Å². The first-order valence-corrected chi connectivity index (χ1v) is 14.4. The zero-order chi connectivity index (χ0) is 29.4. The molecule has 40 heavy (non-hydrogen) atoms. The van der Waals surface area contributed by atoms with E-state index in [-0.39, 0.29) is 23.1 Å². The maximum Gasteiger partial charge on any atom is 0.264 e. The molecule has 0 spiro atoms. The largest absolute Gasteiger partial charge is 0.493 e. The number of methoxy groups -OCH3 is 2. The number of hydrogen-bond acceptors (Lipinski definition) is 6. The van der Waals surface area contributed by atoms with Crippen LogP contribution in [0.25, 0.3) is 0 Å². The summed E-state index contributed by atoms with van der Waals surface area (Å²) >= 11 is 0. The molecule has 0 heterocycles. The minimum atomic E-state index is -4.25. The Morgan fingerprint density at radius 2 is 1.52 bits per heavy atom. The van der Waals surface area contributed by atoms with Crippen LogP contribution in [0.15, 0.2) is 71.6 Å². The fourth-order valence-electron chi connectivity index (χ4n) is 4.41. The standard InChI is InChI=1S/C30H37N3O6S/c1-7-31-30(35)23(4)32(19-24-11-9-8-10-12-24)29(34)20-33(25-16-21(2)15-22(3)17-25)40(36,37)26-13-14-27(38-5)28(18-26)39-6/h8-18,23H,7,19-20H2,1-6H3,(H,31,35)/t23-/m0/s1.